The van der Waals surface area contributed by atoms with E-state index in [4.69, 9.17) is 10.5 Å². The molecule has 0 aliphatic carbocycles. The lowest BCUT2D eigenvalue weighted by Gasteiger charge is -2.18. The highest BCUT2D eigenvalue weighted by Gasteiger charge is 2.37. The summed E-state index contributed by atoms with van der Waals surface area (Å²) < 4.78 is 7.70. The summed E-state index contributed by atoms with van der Waals surface area (Å²) in [5, 5.41) is 20.2. The van der Waals surface area contributed by atoms with Gasteiger partial charge in [-0.1, -0.05) is 31.4 Å². The van der Waals surface area contributed by atoms with E-state index < -0.39 is 26.5 Å². The first-order chi connectivity index (χ1) is 11.8. The fraction of sp³-hybridized carbons (Fsp3) is 0.667. The van der Waals surface area contributed by atoms with E-state index in [2.05, 4.69) is 34.6 Å². The summed E-state index contributed by atoms with van der Waals surface area (Å²) in [6.07, 6.45) is 0.0393. The molecule has 0 saturated carbocycles. The Morgan fingerprint density at radius 3 is 2.80 bits per heavy atom. The summed E-state index contributed by atoms with van der Waals surface area (Å²) in [5.74, 6) is 1.28. The van der Waals surface area contributed by atoms with Gasteiger partial charge in [-0.05, 0) is 11.8 Å². The number of fused-ring (bicyclic) bond motifs is 1. The van der Waals surface area contributed by atoms with Crippen LogP contribution in [-0.2, 0) is 4.74 Å². The molecule has 0 unspecified atom stereocenters. The average molecular weight is 384 g/mol. The van der Waals surface area contributed by atoms with Crippen LogP contribution in [-0.4, -0.2) is 62.4 Å². The van der Waals surface area contributed by atoms with E-state index in [1.807, 2.05) is 4.57 Å². The van der Waals surface area contributed by atoms with Crippen molar-refractivity contribution in [2.45, 2.75) is 55.7 Å². The Morgan fingerprint density at radius 2 is 2.16 bits per heavy atom. The van der Waals surface area contributed by atoms with Crippen molar-refractivity contribution in [3.8, 4) is 0 Å². The van der Waals surface area contributed by atoms with Gasteiger partial charge < -0.3 is 20.7 Å². The monoisotopic (exact) mass is 383 g/mol. The third kappa shape index (κ3) is 3.98. The number of rotatable bonds is 6. The third-order valence-corrected chi connectivity index (χ3v) is 7.30. The van der Waals surface area contributed by atoms with Gasteiger partial charge in [0.2, 0.25) is 0 Å². The fourth-order valence-corrected chi connectivity index (χ4v) is 6.29. The molecule has 8 nitrogen and oxygen atoms in total. The smallest absolute Gasteiger partial charge is 0.172 e. The van der Waals surface area contributed by atoms with Gasteiger partial charge in [-0.15, -0.1) is 0 Å². The molecule has 10 heteroatoms. The number of thioether (sulfide) groups is 1. The lowest BCUT2D eigenvalue weighted by molar-refractivity contribution is -0.0457. The zero-order valence-corrected chi connectivity index (χ0v) is 16.5. The Balaban J connectivity index is 1.94. The number of aliphatic hydroxyl groups is 2. The maximum absolute atomic E-state index is 10.1. The molecule has 0 amide bonds. The van der Waals surface area contributed by atoms with Crippen molar-refractivity contribution in [3.05, 3.63) is 6.33 Å². The quantitative estimate of drug-likeness (QED) is 0.507. The van der Waals surface area contributed by atoms with Crippen LogP contribution >= 0.6 is 11.8 Å². The number of hydrogen-bond donors (Lipinski definition) is 3. The van der Waals surface area contributed by atoms with E-state index in [9.17, 15) is 10.2 Å². The summed E-state index contributed by atoms with van der Waals surface area (Å²) in [4.78, 5) is 13.0. The van der Waals surface area contributed by atoms with E-state index in [1.165, 1.54) is 6.33 Å². The van der Waals surface area contributed by atoms with Crippen LogP contribution in [0.2, 0.25) is 25.7 Å². The van der Waals surface area contributed by atoms with E-state index in [-0.39, 0.29) is 6.61 Å². The predicted octanol–water partition coefficient (Wildman–Crippen LogP) is 1.48. The van der Waals surface area contributed by atoms with Crippen LogP contribution in [0.25, 0.3) is 11.2 Å². The molecule has 2 aromatic rings. The second-order valence-electron chi connectivity index (χ2n) is 7.47. The molecule has 3 heterocycles. The highest BCUT2D eigenvalue weighted by molar-refractivity contribution is 7.99. The van der Waals surface area contributed by atoms with E-state index in [0.29, 0.717) is 23.4 Å². The van der Waals surface area contributed by atoms with Crippen molar-refractivity contribution in [1.82, 2.24) is 19.5 Å². The molecule has 1 aliphatic heterocycles. The average Bonchev–Trinajstić information content (AvgIpc) is 3.07. The second-order valence-corrected chi connectivity index (χ2v) is 14.2. The Bertz CT molecular complexity index is 751. The summed E-state index contributed by atoms with van der Waals surface area (Å²) in [5.41, 5.74) is 7.10. The van der Waals surface area contributed by atoms with Gasteiger partial charge in [0.1, 0.15) is 18.7 Å². The molecule has 0 bridgehead atoms. The van der Waals surface area contributed by atoms with Crippen molar-refractivity contribution in [2.75, 3.05) is 18.1 Å². The van der Waals surface area contributed by atoms with Crippen LogP contribution in [0.3, 0.4) is 0 Å². The minimum Gasteiger partial charge on any atom is -0.394 e. The molecule has 0 radical (unpaired) electrons. The first-order valence-electron chi connectivity index (χ1n) is 8.36. The molecule has 2 aromatic heterocycles. The van der Waals surface area contributed by atoms with Gasteiger partial charge in [-0.3, -0.25) is 4.57 Å². The minimum atomic E-state index is -1.15. The van der Waals surface area contributed by atoms with Crippen molar-refractivity contribution >= 4 is 36.8 Å². The first kappa shape index (κ1) is 18.6. The number of nitrogen functional groups attached to an aromatic ring is 1. The Morgan fingerprint density at radius 1 is 1.40 bits per heavy atom. The molecule has 3 atom stereocenters. The topological polar surface area (TPSA) is 119 Å². The van der Waals surface area contributed by atoms with E-state index >= 15 is 0 Å². The number of nitrogens with two attached hydrogens (primary N) is 1. The third-order valence-electron chi connectivity index (χ3n) is 4.23. The first-order valence-corrected chi connectivity index (χ1v) is 13.0. The van der Waals surface area contributed by atoms with Crippen LogP contribution in [0.15, 0.2) is 11.5 Å². The van der Waals surface area contributed by atoms with Gasteiger partial charge in [0.15, 0.2) is 22.1 Å². The molecule has 4 N–H and O–H groups in total. The molecule has 25 heavy (non-hydrogen) atoms. The van der Waals surface area contributed by atoms with Crippen LogP contribution in [0.5, 0.6) is 0 Å². The van der Waals surface area contributed by atoms with Crippen molar-refractivity contribution in [1.29, 1.82) is 0 Å². The molecule has 1 aliphatic rings. The molecule has 0 aromatic carbocycles. The van der Waals surface area contributed by atoms with Gasteiger partial charge in [0.25, 0.3) is 0 Å². The maximum Gasteiger partial charge on any atom is 0.172 e. The Kier molecular flexibility index (Phi) is 5.35. The highest BCUT2D eigenvalue weighted by Crippen LogP contribution is 2.36. The van der Waals surface area contributed by atoms with Gasteiger partial charge in [0, 0.05) is 14.5 Å². The molecule has 3 rings (SSSR count). The largest absolute Gasteiger partial charge is 0.394 e. The van der Waals surface area contributed by atoms with E-state index in [0.717, 1.165) is 17.0 Å². The highest BCUT2D eigenvalue weighted by atomic mass is 32.2. The van der Waals surface area contributed by atoms with Crippen LogP contribution in [0.1, 0.15) is 12.6 Å². The van der Waals surface area contributed by atoms with E-state index in [1.54, 1.807) is 11.8 Å². The summed E-state index contributed by atoms with van der Waals surface area (Å²) in [6, 6.07) is 1.16. The normalized spacial score (nSPS) is 24.3. The summed E-state index contributed by atoms with van der Waals surface area (Å²) >= 11 is 1.64. The Hall–Kier alpha value is -1.20. The number of ether oxygens (including phenoxy) is 1. The maximum atomic E-state index is 10.1. The molecular formula is C15H25N5O3SSi. The van der Waals surface area contributed by atoms with Gasteiger partial charge in [-0.2, -0.15) is 0 Å². The van der Waals surface area contributed by atoms with Crippen LogP contribution in [0, 0.1) is 0 Å². The van der Waals surface area contributed by atoms with Gasteiger partial charge >= 0.3 is 0 Å². The lowest BCUT2D eigenvalue weighted by Crippen LogP contribution is -2.24. The molecular weight excluding hydrogens is 358 g/mol. The van der Waals surface area contributed by atoms with Crippen molar-refractivity contribution in [3.63, 3.8) is 0 Å². The van der Waals surface area contributed by atoms with Gasteiger partial charge in [0.05, 0.1) is 12.7 Å². The lowest BCUT2D eigenvalue weighted by atomic mass is 10.2. The Labute approximate surface area is 151 Å². The number of aromatic nitrogens is 4. The second kappa shape index (κ2) is 7.20. The van der Waals surface area contributed by atoms with Crippen molar-refractivity contribution < 1.29 is 14.9 Å². The van der Waals surface area contributed by atoms with Crippen LogP contribution < -0.4 is 5.73 Å². The summed E-state index contributed by atoms with van der Waals surface area (Å²) in [6.45, 7) is 6.78. The predicted molar refractivity (Wildman–Crippen MR) is 100 cm³/mol. The molecule has 1 fully saturated rings. The molecule has 1 saturated heterocycles. The standard InChI is InChI=1S/C15H25N5O3SSi/c1-25(2,3)5-4-24-15-19-12-13(16)17-8-18-14(12)20(15)11-6-9(22)10(7-21)23-11/h8-11,21-22H,4-7H2,1-3H3,(H2,16,17,18)/t9-,10+,11+/m0/s1. The number of hydrogen-bond acceptors (Lipinski definition) is 8. The number of anilines is 1. The zero-order chi connectivity index (χ0) is 18.2. The fourth-order valence-electron chi connectivity index (χ4n) is 2.75. The number of aliphatic hydroxyl groups excluding tert-OH is 2. The number of nitrogens with zero attached hydrogens (tertiary/aromatic N) is 4. The minimum absolute atomic E-state index is 0.223. The molecule has 0 spiro atoms. The number of imidazole rings is 1. The molecule has 138 valence electrons. The zero-order valence-electron chi connectivity index (χ0n) is 14.7. The van der Waals surface area contributed by atoms with Crippen molar-refractivity contribution in [2.24, 2.45) is 0 Å². The van der Waals surface area contributed by atoms with Crippen LogP contribution in [0.4, 0.5) is 5.82 Å². The van der Waals surface area contributed by atoms with Gasteiger partial charge in [-0.25, -0.2) is 15.0 Å². The SMILES string of the molecule is C[Si](C)(C)CCSc1nc2c(N)ncnc2n1[C@H]1C[C@H](O)[C@@H](CO)O1. The summed E-state index contributed by atoms with van der Waals surface area (Å²) in [7, 11) is -1.15.